The standard InChI is InChI=1S/C18H26N2O3S.C7H6O3/c1-23-15-5-6-16-13(10-15)7-9-19-12-14-4-3-8-20(24(2,21)22)17(14)11-18(16)19;8-6-4-2-1-3-5(6)7(9)10/h5-6,10,14,17-18H,3-4,7-9,11-12H2,1-2H3;1-4,8H,(H,9,10)/t14-,17+,18+;/m1./s1. The van der Waals surface area contributed by atoms with Crippen LogP contribution in [0.25, 0.3) is 0 Å². The number of methoxy groups -OCH3 is 1. The molecule has 3 aliphatic heterocycles. The molecule has 0 amide bonds. The van der Waals surface area contributed by atoms with Gasteiger partial charge in [0.25, 0.3) is 0 Å². The summed E-state index contributed by atoms with van der Waals surface area (Å²) in [6, 6.07) is 12.7. The van der Waals surface area contributed by atoms with Crippen LogP contribution in [-0.2, 0) is 16.4 Å². The maximum atomic E-state index is 12.2. The van der Waals surface area contributed by atoms with Gasteiger partial charge in [-0.1, -0.05) is 18.2 Å². The fourth-order valence-electron chi connectivity index (χ4n) is 5.58. The van der Waals surface area contributed by atoms with Gasteiger partial charge in [-0.3, -0.25) is 4.90 Å². The third-order valence-corrected chi connectivity index (χ3v) is 8.49. The van der Waals surface area contributed by atoms with E-state index >= 15 is 0 Å². The second-order valence-corrected chi connectivity index (χ2v) is 11.2. The van der Waals surface area contributed by atoms with Crippen LogP contribution in [-0.4, -0.2) is 72.8 Å². The van der Waals surface area contributed by atoms with Crippen molar-refractivity contribution < 1.29 is 28.2 Å². The van der Waals surface area contributed by atoms with Gasteiger partial charge in [-0.2, -0.15) is 4.31 Å². The highest BCUT2D eigenvalue weighted by molar-refractivity contribution is 7.88. The summed E-state index contributed by atoms with van der Waals surface area (Å²) in [7, 11) is -1.42. The molecule has 9 heteroatoms. The third kappa shape index (κ3) is 5.06. The zero-order valence-electron chi connectivity index (χ0n) is 19.6. The second kappa shape index (κ2) is 9.93. The van der Waals surface area contributed by atoms with Crippen LogP contribution < -0.4 is 4.74 Å². The third-order valence-electron chi connectivity index (χ3n) is 7.18. The lowest BCUT2D eigenvalue weighted by molar-refractivity contribution is 0.0222. The molecule has 2 saturated heterocycles. The SMILES string of the molecule is COc1ccc2c(c1)CCN1C[C@H]3CCCN(S(C)(=O)=O)[C@H]3C[C@@H]21.O=C(O)c1ccccc1O. The fourth-order valence-corrected chi connectivity index (χ4v) is 6.79. The molecule has 2 aromatic carbocycles. The van der Waals surface area contributed by atoms with Gasteiger partial charge in [-0.15, -0.1) is 0 Å². The smallest absolute Gasteiger partial charge is 0.339 e. The van der Waals surface area contributed by atoms with Crippen molar-refractivity contribution >= 4 is 16.0 Å². The summed E-state index contributed by atoms with van der Waals surface area (Å²) in [5.74, 6) is 0.0731. The molecule has 0 saturated carbocycles. The number of ether oxygens (including phenoxy) is 1. The number of carboxylic acids is 1. The largest absolute Gasteiger partial charge is 0.507 e. The number of carbonyl (C=O) groups is 1. The molecule has 8 nitrogen and oxygen atoms in total. The average molecular weight is 489 g/mol. The molecule has 0 aliphatic carbocycles. The van der Waals surface area contributed by atoms with Crippen molar-refractivity contribution in [1.82, 2.24) is 9.21 Å². The second-order valence-electron chi connectivity index (χ2n) is 9.23. The first-order valence-electron chi connectivity index (χ1n) is 11.6. The van der Waals surface area contributed by atoms with E-state index in [-0.39, 0.29) is 17.4 Å². The Bertz CT molecular complexity index is 1150. The minimum absolute atomic E-state index is 0.0671. The fraction of sp³-hybridized carbons (Fsp3) is 0.480. The number of hydrogen-bond acceptors (Lipinski definition) is 6. The van der Waals surface area contributed by atoms with Crippen LogP contribution in [0.1, 0.15) is 46.8 Å². The summed E-state index contributed by atoms with van der Waals surface area (Å²) < 4.78 is 31.6. The number of carboxylic acid groups (broad SMARTS) is 1. The number of rotatable bonds is 3. The Hall–Kier alpha value is -2.62. The molecule has 34 heavy (non-hydrogen) atoms. The van der Waals surface area contributed by atoms with Crippen molar-refractivity contribution in [3.63, 3.8) is 0 Å². The molecular weight excluding hydrogens is 456 g/mol. The Morgan fingerprint density at radius 2 is 1.91 bits per heavy atom. The highest BCUT2D eigenvalue weighted by atomic mass is 32.2. The van der Waals surface area contributed by atoms with Crippen LogP contribution in [0.15, 0.2) is 42.5 Å². The average Bonchev–Trinajstić information content (AvgIpc) is 2.81. The molecule has 0 radical (unpaired) electrons. The monoisotopic (exact) mass is 488 g/mol. The number of para-hydroxylation sites is 1. The first-order chi connectivity index (χ1) is 16.2. The highest BCUT2D eigenvalue weighted by Gasteiger charge is 2.44. The molecule has 0 aromatic heterocycles. The summed E-state index contributed by atoms with van der Waals surface area (Å²) >= 11 is 0. The summed E-state index contributed by atoms with van der Waals surface area (Å²) in [6.07, 6.45) is 5.46. The molecule has 2 N–H and O–H groups in total. The van der Waals surface area contributed by atoms with Crippen molar-refractivity contribution in [2.45, 2.75) is 37.8 Å². The van der Waals surface area contributed by atoms with Crippen molar-refractivity contribution in [2.24, 2.45) is 5.92 Å². The van der Waals surface area contributed by atoms with E-state index in [1.807, 2.05) is 6.07 Å². The van der Waals surface area contributed by atoms with Crippen molar-refractivity contribution in [3.8, 4) is 11.5 Å². The molecule has 3 heterocycles. The quantitative estimate of drug-likeness (QED) is 0.683. The molecule has 2 fully saturated rings. The summed E-state index contributed by atoms with van der Waals surface area (Å²) in [6.45, 7) is 2.77. The number of fused-ring (bicyclic) bond motifs is 4. The molecule has 3 atom stereocenters. The molecule has 0 bridgehead atoms. The van der Waals surface area contributed by atoms with Crippen LogP contribution in [0.5, 0.6) is 11.5 Å². The van der Waals surface area contributed by atoms with E-state index in [2.05, 4.69) is 17.0 Å². The lowest BCUT2D eigenvalue weighted by atomic mass is 9.77. The Morgan fingerprint density at radius 3 is 2.56 bits per heavy atom. The molecule has 2 aromatic rings. The number of aromatic hydroxyl groups is 1. The maximum absolute atomic E-state index is 12.2. The number of piperidine rings is 2. The van der Waals surface area contributed by atoms with Gasteiger partial charge in [0, 0.05) is 31.7 Å². The topological polar surface area (TPSA) is 107 Å². The molecule has 0 unspecified atom stereocenters. The first-order valence-corrected chi connectivity index (χ1v) is 13.4. The van der Waals surface area contributed by atoms with Crippen LogP contribution in [0.4, 0.5) is 0 Å². The van der Waals surface area contributed by atoms with E-state index < -0.39 is 16.0 Å². The van der Waals surface area contributed by atoms with E-state index in [9.17, 15) is 13.2 Å². The van der Waals surface area contributed by atoms with Gasteiger partial charge in [-0.25, -0.2) is 13.2 Å². The van der Waals surface area contributed by atoms with Crippen molar-refractivity contribution in [1.29, 1.82) is 0 Å². The zero-order chi connectivity index (χ0) is 24.5. The van der Waals surface area contributed by atoms with Crippen molar-refractivity contribution in [2.75, 3.05) is 33.0 Å². The Morgan fingerprint density at radius 1 is 1.15 bits per heavy atom. The summed E-state index contributed by atoms with van der Waals surface area (Å²) in [5, 5.41) is 17.3. The Labute approximate surface area is 200 Å². The molecule has 0 spiro atoms. The molecule has 184 valence electrons. The van der Waals surface area contributed by atoms with E-state index in [1.165, 1.54) is 29.5 Å². The van der Waals surface area contributed by atoms with Crippen LogP contribution in [0.3, 0.4) is 0 Å². The summed E-state index contributed by atoms with van der Waals surface area (Å²) in [5.41, 5.74) is 2.65. The van der Waals surface area contributed by atoms with E-state index in [0.717, 1.165) is 44.5 Å². The van der Waals surface area contributed by atoms with Gasteiger partial charge in [0.15, 0.2) is 0 Å². The summed E-state index contributed by atoms with van der Waals surface area (Å²) in [4.78, 5) is 12.8. The van der Waals surface area contributed by atoms with Gasteiger partial charge in [0.1, 0.15) is 17.1 Å². The van der Waals surface area contributed by atoms with Gasteiger partial charge in [-0.05, 0) is 67.0 Å². The predicted molar refractivity (Wildman–Crippen MR) is 129 cm³/mol. The Kier molecular flexibility index (Phi) is 7.16. The normalized spacial score (nSPS) is 24.6. The van der Waals surface area contributed by atoms with Crippen LogP contribution in [0.2, 0.25) is 0 Å². The lowest BCUT2D eigenvalue weighted by Gasteiger charge is -2.51. The first kappa shape index (κ1) is 24.5. The number of benzene rings is 2. The maximum Gasteiger partial charge on any atom is 0.339 e. The zero-order valence-corrected chi connectivity index (χ0v) is 20.4. The van der Waals surface area contributed by atoms with Gasteiger partial charge in [0.05, 0.1) is 13.4 Å². The van der Waals surface area contributed by atoms with Gasteiger partial charge >= 0.3 is 5.97 Å². The van der Waals surface area contributed by atoms with Gasteiger partial charge < -0.3 is 14.9 Å². The van der Waals surface area contributed by atoms with Crippen LogP contribution >= 0.6 is 0 Å². The number of hydrogen-bond donors (Lipinski definition) is 2. The number of phenols is 1. The molecular formula is C25H32N2O6S. The number of nitrogens with zero attached hydrogens (tertiary/aromatic N) is 2. The number of aromatic carboxylic acids is 1. The van der Waals surface area contributed by atoms with Crippen molar-refractivity contribution in [3.05, 3.63) is 59.2 Å². The van der Waals surface area contributed by atoms with E-state index in [0.29, 0.717) is 18.5 Å². The van der Waals surface area contributed by atoms with E-state index in [1.54, 1.807) is 23.5 Å². The lowest BCUT2D eigenvalue weighted by Crippen LogP contribution is -2.57. The minimum atomic E-state index is -3.13. The van der Waals surface area contributed by atoms with Crippen LogP contribution in [0, 0.1) is 5.92 Å². The predicted octanol–water partition coefficient (Wildman–Crippen LogP) is 3.13. The molecule has 3 aliphatic rings. The Balaban J connectivity index is 0.000000231. The highest BCUT2D eigenvalue weighted by Crippen LogP contribution is 2.43. The minimum Gasteiger partial charge on any atom is -0.507 e. The van der Waals surface area contributed by atoms with E-state index in [4.69, 9.17) is 14.9 Å². The van der Waals surface area contributed by atoms with Gasteiger partial charge in [0.2, 0.25) is 10.0 Å². The number of sulfonamides is 1. The molecule has 5 rings (SSSR count).